The molecule has 2 aromatic carbocycles. The Morgan fingerprint density at radius 1 is 1.17 bits per heavy atom. The molecule has 1 unspecified atom stereocenters. The zero-order valence-electron chi connectivity index (χ0n) is 19.9. The normalized spacial score (nSPS) is 15.5. The van der Waals surface area contributed by atoms with Crippen LogP contribution in [-0.2, 0) is 6.42 Å². The number of aryl methyl sites for hydroxylation is 1. The lowest BCUT2D eigenvalue weighted by Gasteiger charge is -2.28. The molecule has 2 N–H and O–H groups in total. The minimum atomic E-state index is -4.59. The van der Waals surface area contributed by atoms with Crippen molar-refractivity contribution in [3.63, 3.8) is 0 Å². The number of allylic oxidation sites excluding steroid dienone is 1. The van der Waals surface area contributed by atoms with Crippen LogP contribution in [0.2, 0.25) is 5.02 Å². The van der Waals surface area contributed by atoms with Crippen LogP contribution in [0.25, 0.3) is 0 Å². The van der Waals surface area contributed by atoms with E-state index in [9.17, 15) is 22.0 Å². The summed E-state index contributed by atoms with van der Waals surface area (Å²) in [5.41, 5.74) is 8.03. The van der Waals surface area contributed by atoms with E-state index in [1.807, 2.05) is 13.0 Å². The smallest absolute Gasteiger partial charge is 0.431 e. The predicted molar refractivity (Wildman–Crippen MR) is 132 cm³/mol. The van der Waals surface area contributed by atoms with E-state index in [-0.39, 0.29) is 24.3 Å². The molecular formula is C26H27ClF5N3O. The van der Waals surface area contributed by atoms with Gasteiger partial charge < -0.3 is 10.5 Å². The van der Waals surface area contributed by atoms with Crippen molar-refractivity contribution in [2.24, 2.45) is 21.9 Å². The molecule has 36 heavy (non-hydrogen) atoms. The third kappa shape index (κ3) is 6.63. The maximum Gasteiger partial charge on any atom is 0.431 e. The molecule has 2 aromatic rings. The molecule has 0 fully saturated rings. The summed E-state index contributed by atoms with van der Waals surface area (Å²) in [6.45, 7) is 5.61. The Hall–Kier alpha value is -2.94. The van der Waals surface area contributed by atoms with Gasteiger partial charge in [0.05, 0.1) is 12.8 Å². The zero-order valence-corrected chi connectivity index (χ0v) is 20.6. The van der Waals surface area contributed by atoms with Gasteiger partial charge >= 0.3 is 6.18 Å². The average molecular weight is 528 g/mol. The Labute approximate surface area is 211 Å². The minimum absolute atomic E-state index is 0.175. The van der Waals surface area contributed by atoms with Crippen LogP contribution in [0.5, 0.6) is 5.75 Å². The summed E-state index contributed by atoms with van der Waals surface area (Å²) in [5.74, 6) is -0.718. The molecule has 0 saturated heterocycles. The van der Waals surface area contributed by atoms with E-state index < -0.39 is 43.0 Å². The number of para-hydroxylation sites is 1. The van der Waals surface area contributed by atoms with Crippen molar-refractivity contribution in [2.45, 2.75) is 51.1 Å². The van der Waals surface area contributed by atoms with E-state index in [1.54, 1.807) is 30.3 Å². The summed E-state index contributed by atoms with van der Waals surface area (Å²) in [5, 5.41) is 7.67. The first-order valence-corrected chi connectivity index (χ1v) is 11.6. The summed E-state index contributed by atoms with van der Waals surface area (Å²) >= 11 is 6.31. The summed E-state index contributed by atoms with van der Waals surface area (Å²) in [6, 6.07) is 10.3. The van der Waals surface area contributed by atoms with Crippen molar-refractivity contribution >= 4 is 23.0 Å². The fraction of sp³-hybridized carbons (Fsp3) is 0.385. The van der Waals surface area contributed by atoms with Crippen molar-refractivity contribution in [3.8, 4) is 5.75 Å². The molecule has 194 valence electrons. The number of rotatable bonds is 10. The van der Waals surface area contributed by atoms with Gasteiger partial charge in [0.1, 0.15) is 11.5 Å². The Morgan fingerprint density at radius 3 is 2.47 bits per heavy atom. The van der Waals surface area contributed by atoms with E-state index in [1.165, 1.54) is 7.11 Å². The highest BCUT2D eigenvalue weighted by molar-refractivity contribution is 6.30. The van der Waals surface area contributed by atoms with Gasteiger partial charge in [0.15, 0.2) is 0 Å². The number of methoxy groups -OCH3 is 1. The fourth-order valence-corrected chi connectivity index (χ4v) is 4.73. The van der Waals surface area contributed by atoms with Gasteiger partial charge in [0.25, 0.3) is 0 Å². The topological polar surface area (TPSA) is 60.0 Å². The quantitative estimate of drug-likeness (QED) is 0.331. The van der Waals surface area contributed by atoms with Crippen LogP contribution in [0.1, 0.15) is 47.4 Å². The second kappa shape index (κ2) is 11.4. The van der Waals surface area contributed by atoms with Gasteiger partial charge in [-0.1, -0.05) is 42.4 Å². The van der Waals surface area contributed by atoms with Gasteiger partial charge in [0.2, 0.25) is 6.43 Å². The highest BCUT2D eigenvalue weighted by Gasteiger charge is 2.40. The molecule has 10 heteroatoms. The third-order valence-corrected chi connectivity index (χ3v) is 6.41. The summed E-state index contributed by atoms with van der Waals surface area (Å²) in [6.07, 6.45) is -7.70. The molecule has 0 amide bonds. The van der Waals surface area contributed by atoms with Crippen molar-refractivity contribution in [1.29, 1.82) is 0 Å². The van der Waals surface area contributed by atoms with Crippen molar-refractivity contribution in [2.75, 3.05) is 7.11 Å². The van der Waals surface area contributed by atoms with Crippen LogP contribution >= 0.6 is 11.6 Å². The van der Waals surface area contributed by atoms with Crippen LogP contribution < -0.4 is 10.5 Å². The first-order chi connectivity index (χ1) is 16.9. The molecule has 0 spiro atoms. The number of nitrogens with zero attached hydrogens (tertiary/aromatic N) is 2. The first kappa shape index (κ1) is 27.6. The average Bonchev–Trinajstić information content (AvgIpc) is 3.29. The van der Waals surface area contributed by atoms with Gasteiger partial charge in [-0.05, 0) is 43.0 Å². The molecule has 0 radical (unpaired) electrons. The van der Waals surface area contributed by atoms with Crippen molar-refractivity contribution in [3.05, 3.63) is 76.0 Å². The second-order valence-corrected chi connectivity index (χ2v) is 9.23. The highest BCUT2D eigenvalue weighted by Crippen LogP contribution is 2.42. The molecule has 0 bridgehead atoms. The predicted octanol–water partition coefficient (Wildman–Crippen LogP) is 7.23. The van der Waals surface area contributed by atoms with Gasteiger partial charge in [-0.25, -0.2) is 8.78 Å². The van der Waals surface area contributed by atoms with E-state index in [0.29, 0.717) is 21.9 Å². The third-order valence-electron chi connectivity index (χ3n) is 6.17. The van der Waals surface area contributed by atoms with Crippen LogP contribution in [0.4, 0.5) is 22.0 Å². The minimum Gasteiger partial charge on any atom is -0.496 e. The summed E-state index contributed by atoms with van der Waals surface area (Å²) in [7, 11) is 1.40. The largest absolute Gasteiger partial charge is 0.496 e. The maximum atomic E-state index is 13.3. The zero-order chi connectivity index (χ0) is 26.6. The Bertz CT molecular complexity index is 1180. The van der Waals surface area contributed by atoms with Crippen LogP contribution in [0.15, 0.2) is 58.9 Å². The molecule has 2 atom stereocenters. The lowest BCUT2D eigenvalue weighted by Crippen LogP contribution is -2.27. The van der Waals surface area contributed by atoms with E-state index in [0.717, 1.165) is 11.1 Å². The number of ether oxygens (including phenoxy) is 1. The standard InChI is InChI=1S/C26H27ClF5N3O/c1-14-7-8-18(27)12-20(14)21(19-6-4-5-16(11-24(28)29)25(19)36-3)10-17(9-15(2)33)22-13-23(35-34-22)26(30,31)32/h4-8,12,17,21,24H,2,9-11,13,33H2,1,3H3/t17-,21?/m0/s1. The number of halogens is 6. The number of nitrogens with two attached hydrogens (primary N) is 1. The van der Waals surface area contributed by atoms with Gasteiger partial charge in [-0.15, -0.1) is 0 Å². The Kier molecular flexibility index (Phi) is 8.76. The molecule has 1 aliphatic rings. The first-order valence-electron chi connectivity index (χ1n) is 11.2. The summed E-state index contributed by atoms with van der Waals surface area (Å²) in [4.78, 5) is 0. The van der Waals surface area contributed by atoms with E-state index in [2.05, 4.69) is 16.8 Å². The molecule has 0 saturated carbocycles. The number of hydrogen-bond donors (Lipinski definition) is 1. The number of alkyl halides is 5. The highest BCUT2D eigenvalue weighted by atomic mass is 35.5. The van der Waals surface area contributed by atoms with E-state index in [4.69, 9.17) is 22.1 Å². The SMILES string of the molecule is C=C(N)C[C@@H](CC(c1cc(Cl)ccc1C)c1cccc(CC(F)F)c1OC)C1=NN=C(C(F)(F)F)C1. The summed E-state index contributed by atoms with van der Waals surface area (Å²) < 4.78 is 71.9. The lowest BCUT2D eigenvalue weighted by molar-refractivity contribution is -0.0597. The van der Waals surface area contributed by atoms with Gasteiger partial charge in [0, 0.05) is 46.5 Å². The van der Waals surface area contributed by atoms with Crippen LogP contribution in [0, 0.1) is 12.8 Å². The molecule has 1 heterocycles. The van der Waals surface area contributed by atoms with Gasteiger partial charge in [-0.3, -0.25) is 0 Å². The monoisotopic (exact) mass is 527 g/mol. The van der Waals surface area contributed by atoms with Crippen LogP contribution in [-0.4, -0.2) is 31.1 Å². The number of benzene rings is 2. The lowest BCUT2D eigenvalue weighted by atomic mass is 9.77. The Morgan fingerprint density at radius 2 is 1.89 bits per heavy atom. The number of hydrogen-bond acceptors (Lipinski definition) is 4. The van der Waals surface area contributed by atoms with Gasteiger partial charge in [-0.2, -0.15) is 23.4 Å². The second-order valence-electron chi connectivity index (χ2n) is 8.80. The fourth-order valence-electron chi connectivity index (χ4n) is 4.55. The van der Waals surface area contributed by atoms with Crippen molar-refractivity contribution in [1.82, 2.24) is 0 Å². The molecular weight excluding hydrogens is 501 g/mol. The molecule has 4 nitrogen and oxygen atoms in total. The van der Waals surface area contributed by atoms with Crippen LogP contribution in [0.3, 0.4) is 0 Å². The molecule has 1 aliphatic heterocycles. The molecule has 3 rings (SSSR count). The van der Waals surface area contributed by atoms with Crippen molar-refractivity contribution < 1.29 is 26.7 Å². The van der Waals surface area contributed by atoms with E-state index >= 15 is 0 Å². The Balaban J connectivity index is 2.11. The molecule has 0 aromatic heterocycles. The molecule has 0 aliphatic carbocycles. The maximum absolute atomic E-state index is 13.3.